The quantitative estimate of drug-likeness (QED) is 0.288. The number of carbonyl (C=O) groups excluding carboxylic acids is 1. The molecule has 0 radical (unpaired) electrons. The molecule has 0 saturated heterocycles. The number of nitrogens with two attached hydrogens (primary N) is 1. The Morgan fingerprint density at radius 2 is 1.86 bits per heavy atom. The maximum atomic E-state index is 11.6. The van der Waals surface area contributed by atoms with E-state index in [9.17, 15) is 9.59 Å². The third-order valence-corrected chi connectivity index (χ3v) is 2.71. The first-order chi connectivity index (χ1) is 10.4. The van der Waals surface area contributed by atoms with Gasteiger partial charge in [-0.25, -0.2) is 4.79 Å². The lowest BCUT2D eigenvalue weighted by Crippen LogP contribution is -2.34. The van der Waals surface area contributed by atoms with Crippen molar-refractivity contribution in [1.29, 1.82) is 0 Å². The minimum Gasteiger partial charge on any atom is -0.481 e. The molecule has 9 heteroatoms. The Balaban J connectivity index is 2.42. The van der Waals surface area contributed by atoms with Crippen LogP contribution in [0.4, 0.5) is 0 Å². The number of carboxylic acid groups (broad SMARTS) is 1. The molecule has 0 spiro atoms. The number of esters is 1. The van der Waals surface area contributed by atoms with Crippen molar-refractivity contribution in [1.82, 2.24) is 5.39 Å². The van der Waals surface area contributed by atoms with Crippen molar-refractivity contribution in [3.8, 4) is 5.75 Å². The van der Waals surface area contributed by atoms with Crippen LogP contribution in [0.5, 0.6) is 5.75 Å². The van der Waals surface area contributed by atoms with Gasteiger partial charge in [-0.05, 0) is 30.5 Å². The molecule has 1 unspecified atom stereocenters. The molecular formula is C13H18N2O7. The maximum absolute atomic E-state index is 11.6. The Bertz CT molecular complexity index is 490. The summed E-state index contributed by atoms with van der Waals surface area (Å²) >= 11 is 0. The van der Waals surface area contributed by atoms with Gasteiger partial charge in [0.15, 0.2) is 0 Å². The van der Waals surface area contributed by atoms with Gasteiger partial charge in [-0.1, -0.05) is 12.1 Å². The van der Waals surface area contributed by atoms with Gasteiger partial charge >= 0.3 is 11.9 Å². The number of hydrogen-bond donors (Lipinski definition) is 4. The molecule has 0 heterocycles. The van der Waals surface area contributed by atoms with Gasteiger partial charge in [0.1, 0.15) is 11.8 Å². The molecular weight excluding hydrogens is 296 g/mol. The van der Waals surface area contributed by atoms with Gasteiger partial charge in [0.05, 0.1) is 12.0 Å². The summed E-state index contributed by atoms with van der Waals surface area (Å²) < 4.78 is 5.03. The predicted octanol–water partition coefficient (Wildman–Crippen LogP) is 0.339. The molecule has 9 nitrogen and oxygen atoms in total. The van der Waals surface area contributed by atoms with Crippen molar-refractivity contribution in [2.75, 3.05) is 6.61 Å². The molecule has 0 saturated carbocycles. The Morgan fingerprint density at radius 1 is 1.23 bits per heavy atom. The second-order valence-electron chi connectivity index (χ2n) is 4.44. The summed E-state index contributed by atoms with van der Waals surface area (Å²) in [5.41, 5.74) is 6.36. The van der Waals surface area contributed by atoms with E-state index in [4.69, 9.17) is 26.0 Å². The van der Waals surface area contributed by atoms with E-state index in [-0.39, 0.29) is 30.6 Å². The molecule has 0 aliphatic rings. The number of nitrogens with zero attached hydrogens (tertiary/aromatic N) is 1. The first kappa shape index (κ1) is 18.0. The fourth-order valence-corrected chi connectivity index (χ4v) is 1.56. The van der Waals surface area contributed by atoms with Crippen molar-refractivity contribution in [3.05, 3.63) is 29.8 Å². The molecule has 1 rings (SSSR count). The third-order valence-electron chi connectivity index (χ3n) is 2.71. The van der Waals surface area contributed by atoms with Gasteiger partial charge < -0.3 is 15.6 Å². The molecule has 1 aromatic rings. The van der Waals surface area contributed by atoms with Crippen LogP contribution in [0.1, 0.15) is 18.4 Å². The van der Waals surface area contributed by atoms with Crippen molar-refractivity contribution in [2.45, 2.75) is 25.3 Å². The predicted molar refractivity (Wildman–Crippen MR) is 72.0 cm³/mol. The highest BCUT2D eigenvalue weighted by atomic mass is 17.1. The summed E-state index contributed by atoms with van der Waals surface area (Å²) in [4.78, 5) is 26.4. The summed E-state index contributed by atoms with van der Waals surface area (Å²) in [6.07, 6.45) is 0.217. The zero-order valence-electron chi connectivity index (χ0n) is 11.7. The van der Waals surface area contributed by atoms with Crippen LogP contribution >= 0.6 is 0 Å². The average molecular weight is 314 g/mol. The van der Waals surface area contributed by atoms with Crippen LogP contribution in [0.25, 0.3) is 0 Å². The number of hydrogen-bond acceptors (Lipinski definition) is 8. The molecule has 5 N–H and O–H groups in total. The summed E-state index contributed by atoms with van der Waals surface area (Å²) in [5, 5.41) is 24.9. The lowest BCUT2D eigenvalue weighted by molar-refractivity contribution is -0.492. The first-order valence-corrected chi connectivity index (χ1v) is 6.47. The second-order valence-corrected chi connectivity index (χ2v) is 4.44. The minimum absolute atomic E-state index is 0.00239. The molecule has 1 aromatic carbocycles. The molecule has 0 amide bonds. The van der Waals surface area contributed by atoms with E-state index in [0.29, 0.717) is 6.42 Å². The summed E-state index contributed by atoms with van der Waals surface area (Å²) in [6, 6.07) is 5.45. The van der Waals surface area contributed by atoms with Crippen molar-refractivity contribution in [3.63, 3.8) is 0 Å². The van der Waals surface area contributed by atoms with Crippen LogP contribution in [-0.4, -0.2) is 45.5 Å². The molecule has 0 fully saturated rings. The van der Waals surface area contributed by atoms with Crippen LogP contribution in [0.15, 0.2) is 24.3 Å². The number of ether oxygens (including phenoxy) is 1. The van der Waals surface area contributed by atoms with Crippen molar-refractivity contribution in [2.24, 2.45) is 5.73 Å². The molecule has 0 aliphatic heterocycles. The second kappa shape index (κ2) is 9.07. The van der Waals surface area contributed by atoms with Crippen LogP contribution in [-0.2, 0) is 20.8 Å². The number of rotatable bonds is 9. The van der Waals surface area contributed by atoms with Crippen LogP contribution in [0.3, 0.4) is 0 Å². The van der Waals surface area contributed by atoms with Crippen molar-refractivity contribution >= 4 is 11.9 Å². The highest BCUT2D eigenvalue weighted by Crippen LogP contribution is 2.14. The van der Waals surface area contributed by atoms with E-state index in [2.05, 4.69) is 4.84 Å². The molecule has 0 bridgehead atoms. The molecule has 122 valence electrons. The standard InChI is InChI=1S/C13H18N2O7/c14-11(5-6-12(16)17)13(18)22-10-3-1-9(2-4-10)7-8-21-15(19)20/h1-4,11,19-20H,5-8,14H2,(H,16,17). The smallest absolute Gasteiger partial charge is 0.328 e. The average Bonchev–Trinajstić information content (AvgIpc) is 2.46. The normalized spacial score (nSPS) is 12.2. The van der Waals surface area contributed by atoms with E-state index < -0.39 is 18.0 Å². The summed E-state index contributed by atoms with van der Waals surface area (Å²) in [7, 11) is 0. The van der Waals surface area contributed by atoms with Gasteiger partial charge in [-0.2, -0.15) is 0 Å². The maximum Gasteiger partial charge on any atom is 0.328 e. The minimum atomic E-state index is -1.03. The topological polar surface area (TPSA) is 143 Å². The van der Waals surface area contributed by atoms with Gasteiger partial charge in [0.25, 0.3) is 0 Å². The highest BCUT2D eigenvalue weighted by Gasteiger charge is 2.17. The third kappa shape index (κ3) is 7.11. The number of carboxylic acids is 1. The lowest BCUT2D eigenvalue weighted by Gasteiger charge is -2.10. The SMILES string of the molecule is NC(CCC(=O)O)C(=O)Oc1ccc(CCON(O)O)cc1. The van der Waals surface area contributed by atoms with Crippen LogP contribution in [0.2, 0.25) is 0 Å². The van der Waals surface area contributed by atoms with Crippen molar-refractivity contribution < 1.29 is 34.7 Å². The number of carbonyl (C=O) groups is 2. The Morgan fingerprint density at radius 3 is 2.41 bits per heavy atom. The van der Waals surface area contributed by atoms with E-state index in [1.807, 2.05) is 0 Å². The molecule has 22 heavy (non-hydrogen) atoms. The zero-order chi connectivity index (χ0) is 16.5. The fraction of sp³-hybridized carbons (Fsp3) is 0.385. The molecule has 0 aliphatic carbocycles. The van der Waals surface area contributed by atoms with E-state index in [1.165, 1.54) is 0 Å². The van der Waals surface area contributed by atoms with E-state index in [0.717, 1.165) is 5.56 Å². The largest absolute Gasteiger partial charge is 0.481 e. The highest BCUT2D eigenvalue weighted by molar-refractivity contribution is 5.78. The molecule has 1 atom stereocenters. The van der Waals surface area contributed by atoms with Gasteiger partial charge in [-0.15, -0.1) is 0 Å². The Labute approximate surface area is 126 Å². The van der Waals surface area contributed by atoms with Gasteiger partial charge in [0.2, 0.25) is 0 Å². The molecule has 0 aromatic heterocycles. The van der Waals surface area contributed by atoms with Gasteiger partial charge in [-0.3, -0.25) is 20.0 Å². The van der Waals surface area contributed by atoms with E-state index >= 15 is 0 Å². The lowest BCUT2D eigenvalue weighted by atomic mass is 10.1. The first-order valence-electron chi connectivity index (χ1n) is 6.47. The monoisotopic (exact) mass is 314 g/mol. The number of benzene rings is 1. The summed E-state index contributed by atoms with van der Waals surface area (Å²) in [6.45, 7) is 0.0617. The Kier molecular flexibility index (Phi) is 7.43. The zero-order valence-corrected chi connectivity index (χ0v) is 11.7. The van der Waals surface area contributed by atoms with Crippen LogP contribution < -0.4 is 10.5 Å². The van der Waals surface area contributed by atoms with Crippen LogP contribution in [0, 0.1) is 0 Å². The fourth-order valence-electron chi connectivity index (χ4n) is 1.56. The Hall–Kier alpha value is -2.04. The van der Waals surface area contributed by atoms with Gasteiger partial charge in [0, 0.05) is 6.42 Å². The number of aliphatic carboxylic acids is 1. The summed E-state index contributed by atoms with van der Waals surface area (Å²) in [5.74, 6) is -1.45. The van der Waals surface area contributed by atoms with E-state index in [1.54, 1.807) is 24.3 Å².